The van der Waals surface area contributed by atoms with Crippen LogP contribution in [0.5, 0.6) is 0 Å². The topological polar surface area (TPSA) is 73.6 Å². The third-order valence-electron chi connectivity index (χ3n) is 1.87. The van der Waals surface area contributed by atoms with E-state index in [0.29, 0.717) is 5.56 Å². The first kappa shape index (κ1) is 11.4. The van der Waals surface area contributed by atoms with E-state index in [1.807, 2.05) is 0 Å². The second-order valence-corrected chi connectivity index (χ2v) is 3.45. The zero-order chi connectivity index (χ0) is 10.7. The van der Waals surface area contributed by atoms with Gasteiger partial charge in [-0.1, -0.05) is 11.6 Å². The molecule has 0 amide bonds. The summed E-state index contributed by atoms with van der Waals surface area (Å²) in [4.78, 5) is 3.83. The summed E-state index contributed by atoms with van der Waals surface area (Å²) >= 11 is 5.73. The molecular weight excluding hydrogens is 206 g/mol. The predicted molar refractivity (Wildman–Crippen MR) is 52.0 cm³/mol. The number of aliphatic hydroxyl groups is 3. The van der Waals surface area contributed by atoms with Crippen molar-refractivity contribution in [3.8, 4) is 0 Å². The molecule has 1 aromatic rings. The lowest BCUT2D eigenvalue weighted by molar-refractivity contribution is -0.0153. The quantitative estimate of drug-likeness (QED) is 0.642. The van der Waals surface area contributed by atoms with E-state index >= 15 is 0 Å². The Hall–Kier alpha value is -0.680. The van der Waals surface area contributed by atoms with Crippen LogP contribution in [0.3, 0.4) is 0 Å². The molecule has 0 fully saturated rings. The van der Waals surface area contributed by atoms with Crippen molar-refractivity contribution in [2.75, 3.05) is 6.61 Å². The number of aryl methyl sites for hydroxylation is 1. The maximum atomic E-state index is 9.56. The molecule has 0 aromatic carbocycles. The highest BCUT2D eigenvalue weighted by Crippen LogP contribution is 2.24. The fourth-order valence-corrected chi connectivity index (χ4v) is 1.30. The third-order valence-corrected chi connectivity index (χ3v) is 2.19. The van der Waals surface area contributed by atoms with Crippen LogP contribution >= 0.6 is 11.6 Å². The fourth-order valence-electron chi connectivity index (χ4n) is 1.09. The summed E-state index contributed by atoms with van der Waals surface area (Å²) in [5.74, 6) is 0. The fraction of sp³-hybridized carbons (Fsp3) is 0.444. The highest BCUT2D eigenvalue weighted by atomic mass is 35.5. The Morgan fingerprint density at radius 1 is 1.50 bits per heavy atom. The van der Waals surface area contributed by atoms with Crippen LogP contribution in [-0.4, -0.2) is 33.0 Å². The molecule has 5 heteroatoms. The SMILES string of the molecule is Cc1cnc(Cl)c(C(O)C(O)CO)c1. The van der Waals surface area contributed by atoms with Gasteiger partial charge in [-0.15, -0.1) is 0 Å². The van der Waals surface area contributed by atoms with Crippen LogP contribution < -0.4 is 0 Å². The number of hydrogen-bond donors (Lipinski definition) is 3. The Kier molecular flexibility index (Phi) is 3.83. The maximum absolute atomic E-state index is 9.56. The first-order chi connectivity index (χ1) is 6.56. The molecule has 0 bridgehead atoms. The molecule has 0 saturated carbocycles. The van der Waals surface area contributed by atoms with Gasteiger partial charge in [0.15, 0.2) is 0 Å². The van der Waals surface area contributed by atoms with Crippen LogP contribution in [0, 0.1) is 6.92 Å². The largest absolute Gasteiger partial charge is 0.394 e. The number of halogens is 1. The lowest BCUT2D eigenvalue weighted by atomic mass is 10.1. The highest BCUT2D eigenvalue weighted by Gasteiger charge is 2.20. The normalized spacial score (nSPS) is 15.2. The van der Waals surface area contributed by atoms with Gasteiger partial charge in [0, 0.05) is 11.8 Å². The Morgan fingerprint density at radius 2 is 2.14 bits per heavy atom. The molecule has 0 aliphatic rings. The molecule has 3 N–H and O–H groups in total. The van der Waals surface area contributed by atoms with Gasteiger partial charge in [0.25, 0.3) is 0 Å². The molecule has 0 aliphatic heterocycles. The summed E-state index contributed by atoms with van der Waals surface area (Å²) in [5, 5.41) is 27.6. The van der Waals surface area contributed by atoms with Crippen molar-refractivity contribution in [1.82, 2.24) is 4.98 Å². The average molecular weight is 218 g/mol. The molecule has 0 radical (unpaired) electrons. The monoisotopic (exact) mass is 217 g/mol. The van der Waals surface area contributed by atoms with Crippen LogP contribution in [0.15, 0.2) is 12.3 Å². The summed E-state index contributed by atoms with van der Waals surface area (Å²) in [7, 11) is 0. The lowest BCUT2D eigenvalue weighted by Crippen LogP contribution is -2.22. The van der Waals surface area contributed by atoms with Gasteiger partial charge in [-0.05, 0) is 18.6 Å². The summed E-state index contributed by atoms with van der Waals surface area (Å²) in [5.41, 5.74) is 1.15. The average Bonchev–Trinajstić information content (AvgIpc) is 2.19. The van der Waals surface area contributed by atoms with Crippen LogP contribution in [0.25, 0.3) is 0 Å². The van der Waals surface area contributed by atoms with E-state index in [2.05, 4.69) is 4.98 Å². The molecule has 0 saturated heterocycles. The third kappa shape index (κ3) is 2.42. The van der Waals surface area contributed by atoms with E-state index < -0.39 is 18.8 Å². The Balaban J connectivity index is 2.99. The van der Waals surface area contributed by atoms with Crippen LogP contribution in [0.2, 0.25) is 5.15 Å². The standard InChI is InChI=1S/C9H12ClNO3/c1-5-2-6(9(10)11-3-5)8(14)7(13)4-12/h2-3,7-8,12-14H,4H2,1H3. The molecule has 1 heterocycles. The highest BCUT2D eigenvalue weighted by molar-refractivity contribution is 6.30. The zero-order valence-corrected chi connectivity index (χ0v) is 8.44. The van der Waals surface area contributed by atoms with Gasteiger partial charge in [0.05, 0.1) is 6.61 Å². The number of aromatic nitrogens is 1. The van der Waals surface area contributed by atoms with Gasteiger partial charge in [-0.3, -0.25) is 0 Å². The predicted octanol–water partition coefficient (Wildman–Crippen LogP) is 0.430. The van der Waals surface area contributed by atoms with E-state index in [0.717, 1.165) is 5.56 Å². The Morgan fingerprint density at radius 3 is 2.71 bits per heavy atom. The molecular formula is C9H12ClNO3. The molecule has 0 spiro atoms. The summed E-state index contributed by atoms with van der Waals surface area (Å²) in [6.07, 6.45) is -0.889. The molecule has 2 unspecified atom stereocenters. The zero-order valence-electron chi connectivity index (χ0n) is 7.68. The van der Waals surface area contributed by atoms with Gasteiger partial charge in [0.1, 0.15) is 17.4 Å². The molecule has 14 heavy (non-hydrogen) atoms. The first-order valence-corrected chi connectivity index (χ1v) is 4.53. The van der Waals surface area contributed by atoms with Gasteiger partial charge in [-0.25, -0.2) is 4.98 Å². The van der Waals surface area contributed by atoms with Crippen molar-refractivity contribution in [2.45, 2.75) is 19.1 Å². The summed E-state index contributed by atoms with van der Waals surface area (Å²) in [6, 6.07) is 1.62. The van der Waals surface area contributed by atoms with Gasteiger partial charge < -0.3 is 15.3 Å². The van der Waals surface area contributed by atoms with E-state index in [1.165, 1.54) is 0 Å². The molecule has 4 nitrogen and oxygen atoms in total. The molecule has 78 valence electrons. The van der Waals surface area contributed by atoms with Gasteiger partial charge in [0.2, 0.25) is 0 Å². The minimum absolute atomic E-state index is 0.135. The minimum atomic E-state index is -1.24. The first-order valence-electron chi connectivity index (χ1n) is 4.15. The second-order valence-electron chi connectivity index (χ2n) is 3.09. The Labute approximate surface area is 86.8 Å². The van der Waals surface area contributed by atoms with E-state index in [-0.39, 0.29) is 5.15 Å². The number of pyridine rings is 1. The lowest BCUT2D eigenvalue weighted by Gasteiger charge is -2.16. The van der Waals surface area contributed by atoms with Crippen LogP contribution in [0.4, 0.5) is 0 Å². The molecule has 2 atom stereocenters. The smallest absolute Gasteiger partial charge is 0.134 e. The number of hydrogen-bond acceptors (Lipinski definition) is 4. The van der Waals surface area contributed by atoms with Crippen molar-refractivity contribution in [2.24, 2.45) is 0 Å². The maximum Gasteiger partial charge on any atom is 0.134 e. The Bertz CT molecular complexity index is 319. The van der Waals surface area contributed by atoms with Crippen molar-refractivity contribution < 1.29 is 15.3 Å². The second kappa shape index (κ2) is 4.70. The van der Waals surface area contributed by atoms with Gasteiger partial charge in [-0.2, -0.15) is 0 Å². The number of aliphatic hydroxyl groups excluding tert-OH is 3. The van der Waals surface area contributed by atoms with Crippen molar-refractivity contribution in [1.29, 1.82) is 0 Å². The van der Waals surface area contributed by atoms with Crippen molar-refractivity contribution in [3.63, 3.8) is 0 Å². The summed E-state index contributed by atoms with van der Waals surface area (Å²) < 4.78 is 0. The summed E-state index contributed by atoms with van der Waals surface area (Å²) in [6.45, 7) is 1.27. The van der Waals surface area contributed by atoms with E-state index in [9.17, 15) is 10.2 Å². The molecule has 0 aliphatic carbocycles. The van der Waals surface area contributed by atoms with Crippen LogP contribution in [0.1, 0.15) is 17.2 Å². The molecule has 1 rings (SSSR count). The van der Waals surface area contributed by atoms with Gasteiger partial charge >= 0.3 is 0 Å². The van der Waals surface area contributed by atoms with Crippen molar-refractivity contribution >= 4 is 11.6 Å². The van der Waals surface area contributed by atoms with E-state index in [4.69, 9.17) is 16.7 Å². The minimum Gasteiger partial charge on any atom is -0.394 e. The van der Waals surface area contributed by atoms with E-state index in [1.54, 1.807) is 19.2 Å². The molecule has 1 aromatic heterocycles. The number of nitrogens with zero attached hydrogens (tertiary/aromatic N) is 1. The van der Waals surface area contributed by atoms with Crippen molar-refractivity contribution in [3.05, 3.63) is 28.5 Å². The van der Waals surface area contributed by atoms with Crippen LogP contribution in [-0.2, 0) is 0 Å². The number of rotatable bonds is 3.